The van der Waals surface area contributed by atoms with E-state index in [0.29, 0.717) is 11.0 Å². The maximum atomic E-state index is 5.67. The van der Waals surface area contributed by atoms with Gasteiger partial charge in [-0.1, -0.05) is 18.6 Å². The molecule has 2 N–H and O–H groups in total. The first kappa shape index (κ1) is 13.8. The summed E-state index contributed by atoms with van der Waals surface area (Å²) < 4.78 is 0. The molecule has 0 radical (unpaired) electrons. The van der Waals surface area contributed by atoms with Crippen molar-refractivity contribution >= 4 is 22.9 Å². The maximum absolute atomic E-state index is 5.67. The number of nitrogens with two attached hydrogens (primary N) is 1. The summed E-state index contributed by atoms with van der Waals surface area (Å²) in [6.45, 7) is 4.77. The molecule has 20 heavy (non-hydrogen) atoms. The summed E-state index contributed by atoms with van der Waals surface area (Å²) in [5.41, 5.74) is 7.59. The Morgan fingerprint density at radius 3 is 2.80 bits per heavy atom. The van der Waals surface area contributed by atoms with Crippen molar-refractivity contribution in [2.75, 3.05) is 31.1 Å². The SMILES string of the molecule is NC(=S)c1cc(N2CCC(N3CCCCC3)C2)ccn1. The van der Waals surface area contributed by atoms with E-state index in [4.69, 9.17) is 18.0 Å². The second-order valence-electron chi connectivity index (χ2n) is 5.75. The summed E-state index contributed by atoms with van der Waals surface area (Å²) in [5.74, 6) is 0. The van der Waals surface area contributed by atoms with Crippen LogP contribution in [0, 0.1) is 0 Å². The van der Waals surface area contributed by atoms with Crippen LogP contribution in [0.3, 0.4) is 0 Å². The average molecular weight is 290 g/mol. The molecular formula is C15H22N4S. The fourth-order valence-corrected chi connectivity index (χ4v) is 3.42. The highest BCUT2D eigenvalue weighted by Crippen LogP contribution is 2.25. The molecule has 0 bridgehead atoms. The molecule has 3 rings (SSSR count). The molecule has 2 aliphatic heterocycles. The average Bonchev–Trinajstić information content (AvgIpc) is 2.98. The van der Waals surface area contributed by atoms with Gasteiger partial charge in [0.15, 0.2) is 0 Å². The van der Waals surface area contributed by atoms with Crippen molar-refractivity contribution in [2.45, 2.75) is 31.7 Å². The maximum Gasteiger partial charge on any atom is 0.122 e. The van der Waals surface area contributed by atoms with Crippen LogP contribution in [0.15, 0.2) is 18.3 Å². The molecular weight excluding hydrogens is 268 g/mol. The quantitative estimate of drug-likeness (QED) is 0.860. The minimum atomic E-state index is 0.374. The van der Waals surface area contributed by atoms with E-state index in [0.717, 1.165) is 18.8 Å². The van der Waals surface area contributed by atoms with E-state index in [1.165, 1.54) is 44.5 Å². The van der Waals surface area contributed by atoms with Crippen molar-refractivity contribution in [2.24, 2.45) is 5.73 Å². The van der Waals surface area contributed by atoms with Gasteiger partial charge in [-0.05, 0) is 44.5 Å². The Balaban J connectivity index is 1.67. The lowest BCUT2D eigenvalue weighted by Gasteiger charge is -2.32. The smallest absolute Gasteiger partial charge is 0.122 e. The van der Waals surface area contributed by atoms with E-state index in [2.05, 4.69) is 20.9 Å². The number of thiocarbonyl (C=S) groups is 1. The van der Waals surface area contributed by atoms with Crippen molar-refractivity contribution in [1.29, 1.82) is 0 Å². The number of hydrogen-bond donors (Lipinski definition) is 1. The lowest BCUT2D eigenvalue weighted by molar-refractivity contribution is 0.175. The van der Waals surface area contributed by atoms with Gasteiger partial charge < -0.3 is 10.6 Å². The van der Waals surface area contributed by atoms with Gasteiger partial charge in [-0.3, -0.25) is 9.88 Å². The molecule has 2 fully saturated rings. The monoisotopic (exact) mass is 290 g/mol. The highest BCUT2D eigenvalue weighted by molar-refractivity contribution is 7.80. The minimum Gasteiger partial charge on any atom is -0.388 e. The first-order valence-corrected chi connectivity index (χ1v) is 7.90. The van der Waals surface area contributed by atoms with Crippen LogP contribution in [-0.2, 0) is 0 Å². The van der Waals surface area contributed by atoms with E-state index in [-0.39, 0.29) is 0 Å². The predicted molar refractivity (Wildman–Crippen MR) is 86.2 cm³/mol. The Morgan fingerprint density at radius 2 is 2.05 bits per heavy atom. The number of rotatable bonds is 3. The Morgan fingerprint density at radius 1 is 1.25 bits per heavy atom. The zero-order valence-corrected chi connectivity index (χ0v) is 12.6. The fourth-order valence-electron chi connectivity index (χ4n) is 3.31. The van der Waals surface area contributed by atoms with Crippen LogP contribution in [0.25, 0.3) is 0 Å². The minimum absolute atomic E-state index is 0.374. The summed E-state index contributed by atoms with van der Waals surface area (Å²) in [5, 5.41) is 0. The molecule has 0 aromatic carbocycles. The molecule has 1 unspecified atom stereocenters. The topological polar surface area (TPSA) is 45.4 Å². The normalized spacial score (nSPS) is 24.0. The molecule has 1 atom stereocenters. The summed E-state index contributed by atoms with van der Waals surface area (Å²) in [6.07, 6.45) is 7.17. The summed E-state index contributed by atoms with van der Waals surface area (Å²) in [6, 6.07) is 4.78. The third kappa shape index (κ3) is 2.94. The van der Waals surface area contributed by atoms with Gasteiger partial charge in [0.1, 0.15) is 4.99 Å². The van der Waals surface area contributed by atoms with Crippen LogP contribution in [0.2, 0.25) is 0 Å². The first-order chi connectivity index (χ1) is 9.74. The molecule has 0 amide bonds. The van der Waals surface area contributed by atoms with Gasteiger partial charge in [-0.25, -0.2) is 0 Å². The Labute approximate surface area is 126 Å². The number of nitrogens with zero attached hydrogens (tertiary/aromatic N) is 3. The molecule has 4 nitrogen and oxygen atoms in total. The predicted octanol–water partition coefficient (Wildman–Crippen LogP) is 1.78. The van der Waals surface area contributed by atoms with Gasteiger partial charge in [0.05, 0.1) is 5.69 Å². The standard InChI is InChI=1S/C15H22N4S/c16-15(20)14-10-12(4-6-17-14)19-9-5-13(11-19)18-7-2-1-3-8-18/h4,6,10,13H,1-3,5,7-9,11H2,(H2,16,20). The Bertz CT molecular complexity index is 485. The molecule has 108 valence electrons. The summed E-state index contributed by atoms with van der Waals surface area (Å²) in [7, 11) is 0. The highest BCUT2D eigenvalue weighted by Gasteiger charge is 2.28. The molecule has 2 aliphatic rings. The number of aromatic nitrogens is 1. The van der Waals surface area contributed by atoms with Gasteiger partial charge in [-0.15, -0.1) is 0 Å². The van der Waals surface area contributed by atoms with Crippen LogP contribution in [0.4, 0.5) is 5.69 Å². The molecule has 1 aromatic rings. The van der Waals surface area contributed by atoms with Crippen molar-refractivity contribution in [3.05, 3.63) is 24.0 Å². The third-order valence-corrected chi connectivity index (χ3v) is 4.64. The largest absolute Gasteiger partial charge is 0.388 e. The molecule has 0 spiro atoms. The fraction of sp³-hybridized carbons (Fsp3) is 0.600. The van der Waals surface area contributed by atoms with Crippen LogP contribution in [-0.4, -0.2) is 47.1 Å². The van der Waals surface area contributed by atoms with Gasteiger partial charge in [-0.2, -0.15) is 0 Å². The van der Waals surface area contributed by atoms with E-state index in [1.54, 1.807) is 6.20 Å². The number of likely N-dealkylation sites (tertiary alicyclic amines) is 1. The zero-order valence-electron chi connectivity index (χ0n) is 11.8. The number of anilines is 1. The molecule has 0 aliphatic carbocycles. The lowest BCUT2D eigenvalue weighted by Crippen LogP contribution is -2.40. The van der Waals surface area contributed by atoms with E-state index in [1.807, 2.05) is 6.07 Å². The second kappa shape index (κ2) is 6.06. The molecule has 1 aromatic heterocycles. The zero-order chi connectivity index (χ0) is 13.9. The second-order valence-corrected chi connectivity index (χ2v) is 6.19. The molecule has 0 saturated carbocycles. The number of pyridine rings is 1. The van der Waals surface area contributed by atoms with E-state index >= 15 is 0 Å². The van der Waals surface area contributed by atoms with Crippen molar-refractivity contribution in [3.63, 3.8) is 0 Å². The first-order valence-electron chi connectivity index (χ1n) is 7.49. The van der Waals surface area contributed by atoms with Crippen LogP contribution < -0.4 is 10.6 Å². The highest BCUT2D eigenvalue weighted by atomic mass is 32.1. The third-order valence-electron chi connectivity index (χ3n) is 4.43. The molecule has 5 heteroatoms. The van der Waals surface area contributed by atoms with Gasteiger partial charge >= 0.3 is 0 Å². The van der Waals surface area contributed by atoms with Crippen molar-refractivity contribution < 1.29 is 0 Å². The lowest BCUT2D eigenvalue weighted by atomic mass is 10.1. The molecule has 3 heterocycles. The molecule has 2 saturated heterocycles. The summed E-state index contributed by atoms with van der Waals surface area (Å²) >= 11 is 5.01. The van der Waals surface area contributed by atoms with E-state index in [9.17, 15) is 0 Å². The van der Waals surface area contributed by atoms with Gasteiger partial charge in [0.2, 0.25) is 0 Å². The van der Waals surface area contributed by atoms with Crippen molar-refractivity contribution in [1.82, 2.24) is 9.88 Å². The van der Waals surface area contributed by atoms with Gasteiger partial charge in [0, 0.05) is 31.0 Å². The Kier molecular flexibility index (Phi) is 4.17. The number of piperidine rings is 1. The van der Waals surface area contributed by atoms with Crippen LogP contribution in [0.5, 0.6) is 0 Å². The van der Waals surface area contributed by atoms with E-state index < -0.39 is 0 Å². The van der Waals surface area contributed by atoms with Crippen LogP contribution >= 0.6 is 12.2 Å². The Hall–Kier alpha value is -1.20. The van der Waals surface area contributed by atoms with Crippen LogP contribution in [0.1, 0.15) is 31.4 Å². The summed E-state index contributed by atoms with van der Waals surface area (Å²) in [4.78, 5) is 9.69. The van der Waals surface area contributed by atoms with Gasteiger partial charge in [0.25, 0.3) is 0 Å². The van der Waals surface area contributed by atoms with Crippen molar-refractivity contribution in [3.8, 4) is 0 Å². The number of hydrogen-bond acceptors (Lipinski definition) is 4.